The molecule has 0 bridgehead atoms. The van der Waals surface area contributed by atoms with Gasteiger partial charge in [0.05, 0.1) is 0 Å². The molecule has 0 saturated heterocycles. The molecule has 5 nitrogen and oxygen atoms in total. The van der Waals surface area contributed by atoms with E-state index in [9.17, 15) is 14.4 Å². The third kappa shape index (κ3) is 6.37. The van der Waals surface area contributed by atoms with Crippen LogP contribution in [0.25, 0.3) is 0 Å². The van der Waals surface area contributed by atoms with Gasteiger partial charge in [0, 0.05) is 5.92 Å². The molecule has 0 radical (unpaired) electrons. The quantitative estimate of drug-likeness (QED) is 0.695. The summed E-state index contributed by atoms with van der Waals surface area (Å²) in [6.07, 6.45) is 1.17. The van der Waals surface area contributed by atoms with Gasteiger partial charge in [0.1, 0.15) is 6.04 Å². The predicted octanol–water partition coefficient (Wildman–Crippen LogP) is 1.01. The fraction of sp³-hybridized carbons (Fsp3) is 0.769. The molecule has 1 unspecified atom stereocenters. The van der Waals surface area contributed by atoms with E-state index in [1.54, 1.807) is 13.8 Å². The molecule has 0 aromatic heterocycles. The van der Waals surface area contributed by atoms with Crippen LogP contribution in [-0.4, -0.2) is 23.6 Å². The van der Waals surface area contributed by atoms with Gasteiger partial charge in [-0.05, 0) is 18.3 Å². The summed E-state index contributed by atoms with van der Waals surface area (Å²) in [5.74, 6) is -2.26. The van der Waals surface area contributed by atoms with Crippen molar-refractivity contribution in [3.63, 3.8) is 0 Å². The van der Waals surface area contributed by atoms with E-state index in [2.05, 4.69) is 5.32 Å². The third-order valence-electron chi connectivity index (χ3n) is 2.58. The van der Waals surface area contributed by atoms with E-state index in [-0.39, 0.29) is 11.3 Å². The summed E-state index contributed by atoms with van der Waals surface area (Å²) in [6.45, 7) is 9.37. The van der Waals surface area contributed by atoms with Crippen LogP contribution in [0.3, 0.4) is 0 Å². The summed E-state index contributed by atoms with van der Waals surface area (Å²) in [7, 11) is 0. The fourth-order valence-corrected chi connectivity index (χ4v) is 1.35. The number of nitrogens with two attached hydrogens (primary N) is 1. The molecule has 0 aliphatic rings. The molecule has 5 heteroatoms. The van der Waals surface area contributed by atoms with Crippen LogP contribution in [0.4, 0.5) is 0 Å². The molecule has 0 heterocycles. The summed E-state index contributed by atoms with van der Waals surface area (Å²) in [6, 6.07) is -0.778. The molecule has 2 amide bonds. The largest absolute Gasteiger partial charge is 0.368 e. The average Bonchev–Trinajstić information content (AvgIpc) is 2.20. The summed E-state index contributed by atoms with van der Waals surface area (Å²) in [5.41, 5.74) is 5.27. The molecule has 1 atom stereocenters. The van der Waals surface area contributed by atoms with Crippen molar-refractivity contribution >= 4 is 17.6 Å². The summed E-state index contributed by atoms with van der Waals surface area (Å²) in [5, 5.41) is 2.41. The summed E-state index contributed by atoms with van der Waals surface area (Å²) in [4.78, 5) is 34.2. The Bertz CT molecular complexity index is 330. The van der Waals surface area contributed by atoms with Gasteiger partial charge in [-0.1, -0.05) is 34.6 Å². The normalized spacial score (nSPS) is 13.2. The van der Waals surface area contributed by atoms with E-state index in [4.69, 9.17) is 5.73 Å². The lowest BCUT2D eigenvalue weighted by atomic mass is 9.88. The second-order valence-electron chi connectivity index (χ2n) is 6.05. The number of amides is 2. The highest BCUT2D eigenvalue weighted by Gasteiger charge is 2.25. The number of rotatable bonds is 6. The van der Waals surface area contributed by atoms with Crippen LogP contribution in [0.1, 0.15) is 47.5 Å². The van der Waals surface area contributed by atoms with E-state index in [1.165, 1.54) is 0 Å². The van der Waals surface area contributed by atoms with E-state index in [0.717, 1.165) is 6.42 Å². The Morgan fingerprint density at radius 3 is 2.00 bits per heavy atom. The topological polar surface area (TPSA) is 89.3 Å². The number of hydrogen-bond acceptors (Lipinski definition) is 3. The number of hydrogen-bond donors (Lipinski definition) is 2. The number of nitrogens with one attached hydrogen (secondary N) is 1. The molecule has 3 N–H and O–H groups in total. The summed E-state index contributed by atoms with van der Waals surface area (Å²) >= 11 is 0. The molecule has 18 heavy (non-hydrogen) atoms. The molecule has 104 valence electrons. The molecular formula is C13H24N2O3. The Kier molecular flexibility index (Phi) is 6.01. The van der Waals surface area contributed by atoms with Crippen molar-refractivity contribution in [2.75, 3.05) is 0 Å². The zero-order valence-corrected chi connectivity index (χ0v) is 11.9. The number of Topliss-reactive ketones (excluding diaryl/α,β-unsaturated/α-hetero) is 1. The van der Waals surface area contributed by atoms with Crippen molar-refractivity contribution in [3.05, 3.63) is 0 Å². The minimum Gasteiger partial charge on any atom is -0.368 e. The Hall–Kier alpha value is -1.39. The smallest absolute Gasteiger partial charge is 0.288 e. The monoisotopic (exact) mass is 256 g/mol. The Balaban J connectivity index is 4.51. The van der Waals surface area contributed by atoms with E-state index in [1.807, 2.05) is 20.8 Å². The van der Waals surface area contributed by atoms with Crippen molar-refractivity contribution in [1.82, 2.24) is 5.32 Å². The molecule has 0 aromatic rings. The maximum Gasteiger partial charge on any atom is 0.288 e. The van der Waals surface area contributed by atoms with Gasteiger partial charge < -0.3 is 11.1 Å². The van der Waals surface area contributed by atoms with Crippen LogP contribution in [0, 0.1) is 11.3 Å². The SMILES string of the molecule is CC(C)C(=O)C(=O)NC(CCC(C)(C)C)C(N)=O. The minimum absolute atomic E-state index is 0.0421. The van der Waals surface area contributed by atoms with E-state index >= 15 is 0 Å². The zero-order valence-electron chi connectivity index (χ0n) is 11.9. The predicted molar refractivity (Wildman–Crippen MR) is 69.7 cm³/mol. The van der Waals surface area contributed by atoms with E-state index in [0.29, 0.717) is 6.42 Å². The van der Waals surface area contributed by atoms with Crippen molar-refractivity contribution in [2.45, 2.75) is 53.5 Å². The molecule has 0 rings (SSSR count). The maximum absolute atomic E-state index is 11.6. The first-order valence-corrected chi connectivity index (χ1v) is 6.18. The Labute approximate surface area is 108 Å². The van der Waals surface area contributed by atoms with Crippen LogP contribution in [0.5, 0.6) is 0 Å². The van der Waals surface area contributed by atoms with Crippen molar-refractivity contribution in [3.8, 4) is 0 Å². The number of ketones is 1. The van der Waals surface area contributed by atoms with Gasteiger partial charge in [-0.15, -0.1) is 0 Å². The lowest BCUT2D eigenvalue weighted by Gasteiger charge is -2.22. The number of carbonyl (C=O) groups is 3. The molecule has 0 saturated carbocycles. The maximum atomic E-state index is 11.6. The first kappa shape index (κ1) is 16.6. The van der Waals surface area contributed by atoms with Gasteiger partial charge in [-0.25, -0.2) is 0 Å². The highest BCUT2D eigenvalue weighted by atomic mass is 16.2. The third-order valence-corrected chi connectivity index (χ3v) is 2.58. The van der Waals surface area contributed by atoms with Crippen molar-refractivity contribution in [1.29, 1.82) is 0 Å². The van der Waals surface area contributed by atoms with Crippen LogP contribution in [-0.2, 0) is 14.4 Å². The lowest BCUT2D eigenvalue weighted by molar-refractivity contribution is -0.141. The fourth-order valence-electron chi connectivity index (χ4n) is 1.35. The number of carbonyl (C=O) groups excluding carboxylic acids is 3. The molecule has 0 fully saturated rings. The van der Waals surface area contributed by atoms with Gasteiger partial charge in [0.25, 0.3) is 5.91 Å². The van der Waals surface area contributed by atoms with Gasteiger partial charge in [-0.2, -0.15) is 0 Å². The van der Waals surface area contributed by atoms with Gasteiger partial charge in [0.15, 0.2) is 0 Å². The molecule has 0 spiro atoms. The Morgan fingerprint density at radius 2 is 1.67 bits per heavy atom. The highest BCUT2D eigenvalue weighted by molar-refractivity contribution is 6.37. The first-order valence-electron chi connectivity index (χ1n) is 6.18. The zero-order chi connectivity index (χ0) is 14.5. The van der Waals surface area contributed by atoms with E-state index < -0.39 is 23.6 Å². The second kappa shape index (κ2) is 6.52. The van der Waals surface area contributed by atoms with Crippen LogP contribution in [0.2, 0.25) is 0 Å². The summed E-state index contributed by atoms with van der Waals surface area (Å²) < 4.78 is 0. The van der Waals surface area contributed by atoms with Gasteiger partial charge in [-0.3, -0.25) is 14.4 Å². The minimum atomic E-state index is -0.778. The van der Waals surface area contributed by atoms with Gasteiger partial charge >= 0.3 is 0 Å². The second-order valence-corrected chi connectivity index (χ2v) is 6.05. The van der Waals surface area contributed by atoms with Crippen LogP contribution >= 0.6 is 0 Å². The Morgan fingerprint density at radius 1 is 1.17 bits per heavy atom. The standard InChI is InChI=1S/C13H24N2O3/c1-8(2)10(16)12(18)15-9(11(14)17)6-7-13(3,4)5/h8-9H,6-7H2,1-5H3,(H2,14,17)(H,15,18). The average molecular weight is 256 g/mol. The lowest BCUT2D eigenvalue weighted by Crippen LogP contribution is -2.48. The molecule has 0 aliphatic carbocycles. The first-order chi connectivity index (χ1) is 8.04. The van der Waals surface area contributed by atoms with Gasteiger partial charge in [0.2, 0.25) is 11.7 Å². The van der Waals surface area contributed by atoms with Crippen molar-refractivity contribution < 1.29 is 14.4 Å². The molecular weight excluding hydrogens is 232 g/mol. The van der Waals surface area contributed by atoms with Crippen LogP contribution < -0.4 is 11.1 Å². The highest BCUT2D eigenvalue weighted by Crippen LogP contribution is 2.21. The molecule has 0 aromatic carbocycles. The van der Waals surface area contributed by atoms with Crippen molar-refractivity contribution in [2.24, 2.45) is 17.1 Å². The number of primary amides is 1. The van der Waals surface area contributed by atoms with Crippen LogP contribution in [0.15, 0.2) is 0 Å². The molecule has 0 aliphatic heterocycles.